The van der Waals surface area contributed by atoms with Gasteiger partial charge < -0.3 is 71.7 Å². The molecule has 3 aliphatic heterocycles. The number of aliphatic hydroxyl groups is 1. The fourth-order valence-corrected chi connectivity index (χ4v) is 13.2. The fraction of sp³-hybridized carbons (Fsp3) is 0.595. The van der Waals surface area contributed by atoms with Crippen molar-refractivity contribution in [2.45, 2.75) is 188 Å². The third-order valence-electron chi connectivity index (χ3n) is 19.4. The van der Waals surface area contributed by atoms with Crippen LogP contribution in [0, 0.1) is 29.6 Å². The van der Waals surface area contributed by atoms with E-state index in [1.807, 2.05) is 32.0 Å². The number of anilines is 1. The number of likely N-dealkylation sites (N-methyl/N-ethyl adjacent to an activating group) is 2. The van der Waals surface area contributed by atoms with E-state index in [-0.39, 0.29) is 82.0 Å². The summed E-state index contributed by atoms with van der Waals surface area (Å²) in [5.74, 6) is -9.12. The van der Waals surface area contributed by atoms with Crippen molar-refractivity contribution < 1.29 is 86.4 Å². The van der Waals surface area contributed by atoms with Gasteiger partial charge in [0.1, 0.15) is 30.8 Å². The molecule has 0 spiro atoms. The maximum absolute atomic E-state index is 14.9. The van der Waals surface area contributed by atoms with Crippen molar-refractivity contribution in [1.29, 1.82) is 0 Å². The van der Waals surface area contributed by atoms with E-state index in [0.717, 1.165) is 39.0 Å². The van der Waals surface area contributed by atoms with Crippen LogP contribution in [0.4, 0.5) is 15.3 Å². The lowest BCUT2D eigenvalue weighted by Crippen LogP contribution is -2.60. The molecule has 5 rings (SSSR count). The molecule has 0 radical (unpaired) electrons. The minimum absolute atomic E-state index is 0.0110. The van der Waals surface area contributed by atoms with Crippen LogP contribution in [0.3, 0.4) is 0 Å². The van der Waals surface area contributed by atoms with E-state index in [1.54, 1.807) is 91.6 Å². The van der Waals surface area contributed by atoms with E-state index >= 15 is 0 Å². The largest absolute Gasteiger partial charge is 0.445 e. The van der Waals surface area contributed by atoms with Crippen molar-refractivity contribution in [2.24, 2.45) is 35.3 Å². The van der Waals surface area contributed by atoms with Crippen LogP contribution in [0.25, 0.3) is 0 Å². The van der Waals surface area contributed by atoms with Crippen molar-refractivity contribution in [3.05, 3.63) is 90.0 Å². The maximum Gasteiger partial charge on any atom is 0.410 e. The number of likely N-dealkylation sites (tertiary alicyclic amines) is 1. The van der Waals surface area contributed by atoms with Gasteiger partial charge in [-0.1, -0.05) is 111 Å². The van der Waals surface area contributed by atoms with Crippen LogP contribution < -0.4 is 37.6 Å². The minimum Gasteiger partial charge on any atom is -0.445 e. The molecule has 2 aromatic rings. The van der Waals surface area contributed by atoms with Crippen molar-refractivity contribution in [3.63, 3.8) is 0 Å². The van der Waals surface area contributed by atoms with Crippen molar-refractivity contribution >= 4 is 88.7 Å². The van der Waals surface area contributed by atoms with Crippen molar-refractivity contribution in [1.82, 2.24) is 56.0 Å². The zero-order chi connectivity index (χ0) is 78.1. The van der Waals surface area contributed by atoms with Crippen LogP contribution in [0.5, 0.6) is 0 Å². The van der Waals surface area contributed by atoms with E-state index < -0.39 is 168 Å². The number of primary amides is 1. The number of ether oxygens (including phenoxy) is 3. The van der Waals surface area contributed by atoms with E-state index in [2.05, 4.69) is 31.9 Å². The molecule has 578 valence electrons. The van der Waals surface area contributed by atoms with Crippen LogP contribution in [-0.2, 0) is 78.4 Å². The number of aliphatic hydroxyl groups excluding tert-OH is 1. The fourth-order valence-electron chi connectivity index (χ4n) is 13.2. The first-order chi connectivity index (χ1) is 49.6. The molecular weight excluding hydrogens is 1360 g/mol. The van der Waals surface area contributed by atoms with Gasteiger partial charge in [0, 0.05) is 110 Å². The second kappa shape index (κ2) is 41.2. The smallest absolute Gasteiger partial charge is 0.410 e. The molecule has 15 amide bonds. The first-order valence-corrected chi connectivity index (χ1v) is 35.9. The molecule has 1 saturated heterocycles. The first-order valence-electron chi connectivity index (χ1n) is 35.9. The topological polar surface area (TPSA) is 405 Å². The van der Waals surface area contributed by atoms with E-state index in [4.69, 9.17) is 19.9 Å². The van der Waals surface area contributed by atoms with Gasteiger partial charge in [-0.15, -0.1) is 0 Å². The highest BCUT2D eigenvalue weighted by atomic mass is 16.6. The molecular formula is C74H109N13O18. The molecule has 1 fully saturated rings. The second-order valence-electron chi connectivity index (χ2n) is 28.0. The minimum atomic E-state index is -1.23. The van der Waals surface area contributed by atoms with Gasteiger partial charge in [0.2, 0.25) is 47.3 Å². The molecule has 9 N–H and O–H groups in total. The molecule has 105 heavy (non-hydrogen) atoms. The van der Waals surface area contributed by atoms with Crippen LogP contribution in [0.15, 0.2) is 78.9 Å². The Bertz CT molecular complexity index is 3360. The predicted molar refractivity (Wildman–Crippen MR) is 387 cm³/mol. The SMILES string of the molecule is CCC(C)[C@@H](C(CC(=O)N1CCC[C@H]1[C@H](OC)[C@@H](C)C(=O)N[C@H](C)[C@@H](O)c1ccccc1)OC)N(C)C(=O)[C@@H](NC(=O)[C@H](C(C)C)N(C)C(=O)OCc1ccc(NC(=O)[C@H](CCCNC(N)=O)NC(=O)[C@@H](NC(=O)CCC(=O)N(CCN2C(=O)C=CC2=O)CCN2C(=O)C=CC2=O)C(C)C)cc1)C(C)C. The number of imide groups is 2. The Labute approximate surface area is 614 Å². The molecule has 0 aliphatic carbocycles. The monoisotopic (exact) mass is 1470 g/mol. The number of nitrogens with zero attached hydrogens (tertiary/aromatic N) is 6. The van der Waals surface area contributed by atoms with Crippen LogP contribution in [0.1, 0.15) is 138 Å². The number of carbonyl (C=O) groups excluding carboxylic acids is 14. The summed E-state index contributed by atoms with van der Waals surface area (Å²) in [5, 5.41) is 27.4. The highest BCUT2D eigenvalue weighted by Gasteiger charge is 2.44. The molecule has 2 aromatic carbocycles. The second-order valence-corrected chi connectivity index (χ2v) is 28.0. The summed E-state index contributed by atoms with van der Waals surface area (Å²) in [7, 11) is 6.02. The third-order valence-corrected chi connectivity index (χ3v) is 19.4. The number of methoxy groups -OCH3 is 2. The van der Waals surface area contributed by atoms with Gasteiger partial charge in [0.05, 0.1) is 48.8 Å². The Morgan fingerprint density at radius 1 is 0.667 bits per heavy atom. The quantitative estimate of drug-likeness (QED) is 0.0350. The number of amides is 15. The molecule has 0 bridgehead atoms. The van der Waals surface area contributed by atoms with Crippen LogP contribution in [-0.4, -0.2) is 240 Å². The number of nitrogens with one attached hydrogen (secondary N) is 6. The Balaban J connectivity index is 1.18. The van der Waals surface area contributed by atoms with E-state index in [9.17, 15) is 72.2 Å². The standard InChI is InChI=1S/C74H109N13O18/c1-15-46(8)65(54(103-13)41-61(94)85-36-20-24-53(85)67(104-14)47(9)68(96)77-48(10)66(95)50-21-17-16-18-22-50)82(11)72(100)63(44(4)5)81-71(99)64(45(6)7)83(12)74(102)105-42-49-25-27-51(28-26-49)78-69(97)52(23-19-35-76-73(75)101)79-70(98)62(43(2)3)80-55(88)29-30-56(89)84(37-39-86-57(90)31-32-58(86)91)38-40-87-59(92)33-34-60(87)93/h16-18,21-22,25-28,31-34,43-48,52-54,62-67,95H,15,19-20,23-24,29-30,35-42H2,1-14H3,(H,77,96)(H,78,97)(H,79,98)(H,80,88)(H,81,99)(H3,75,76,101)/t46?,47-,48-,52+,53+,54?,62+,63+,64+,65+,66-,67-/m1/s1. The Morgan fingerprint density at radius 2 is 1.25 bits per heavy atom. The van der Waals surface area contributed by atoms with Gasteiger partial charge in [0.15, 0.2) is 0 Å². The Hall–Kier alpha value is -9.62. The zero-order valence-electron chi connectivity index (χ0n) is 62.9. The molecule has 12 atom stereocenters. The summed E-state index contributed by atoms with van der Waals surface area (Å²) < 4.78 is 17.8. The number of hydrogen-bond donors (Lipinski definition) is 8. The van der Waals surface area contributed by atoms with Crippen LogP contribution >= 0.6 is 0 Å². The number of carbonyl (C=O) groups is 14. The molecule has 31 nitrogen and oxygen atoms in total. The molecule has 3 aliphatic rings. The summed E-state index contributed by atoms with van der Waals surface area (Å²) in [6, 6.07) is 8.03. The molecule has 0 aromatic heterocycles. The average molecular weight is 1470 g/mol. The van der Waals surface area contributed by atoms with Gasteiger partial charge in [-0.2, -0.15) is 0 Å². The van der Waals surface area contributed by atoms with Gasteiger partial charge in [-0.3, -0.25) is 72.2 Å². The number of benzene rings is 2. The number of urea groups is 1. The number of hydrogen-bond acceptors (Lipinski definition) is 18. The number of nitrogens with two attached hydrogens (primary N) is 1. The predicted octanol–water partition coefficient (Wildman–Crippen LogP) is 3.05. The summed E-state index contributed by atoms with van der Waals surface area (Å²) in [5.41, 5.74) is 6.67. The summed E-state index contributed by atoms with van der Waals surface area (Å²) in [6.07, 6.45) is 2.10. The van der Waals surface area contributed by atoms with Gasteiger partial charge in [-0.05, 0) is 79.5 Å². The molecule has 0 saturated carbocycles. The Morgan fingerprint density at radius 3 is 1.77 bits per heavy atom. The molecule has 31 heteroatoms. The Kier molecular flexibility index (Phi) is 33.7. The van der Waals surface area contributed by atoms with E-state index in [1.165, 1.54) is 43.2 Å². The summed E-state index contributed by atoms with van der Waals surface area (Å²) >= 11 is 0. The van der Waals surface area contributed by atoms with Crippen molar-refractivity contribution in [2.75, 3.05) is 72.9 Å². The molecule has 3 heterocycles. The van der Waals surface area contributed by atoms with Gasteiger partial charge in [-0.25, -0.2) is 9.59 Å². The lowest BCUT2D eigenvalue weighted by molar-refractivity contribution is -0.148. The first kappa shape index (κ1) is 86.0. The molecule has 2 unspecified atom stereocenters. The highest BCUT2D eigenvalue weighted by molar-refractivity contribution is 6.13. The normalized spacial score (nSPS) is 17.4. The third kappa shape index (κ3) is 24.5. The summed E-state index contributed by atoms with van der Waals surface area (Å²) in [4.78, 5) is 194. The van der Waals surface area contributed by atoms with Crippen LogP contribution in [0.2, 0.25) is 0 Å². The average Bonchev–Trinajstić information content (AvgIpc) is 1.71. The highest BCUT2D eigenvalue weighted by Crippen LogP contribution is 2.31. The zero-order valence-corrected chi connectivity index (χ0v) is 62.9. The van der Waals surface area contributed by atoms with Gasteiger partial charge >= 0.3 is 12.1 Å². The lowest BCUT2D eigenvalue weighted by atomic mass is 9.89. The van der Waals surface area contributed by atoms with Gasteiger partial charge in [0.25, 0.3) is 23.6 Å². The van der Waals surface area contributed by atoms with Crippen molar-refractivity contribution in [3.8, 4) is 0 Å². The lowest BCUT2D eigenvalue weighted by Gasteiger charge is -2.41. The number of rotatable bonds is 41. The summed E-state index contributed by atoms with van der Waals surface area (Å²) in [6.45, 7) is 17.2. The maximum atomic E-state index is 14.9. The van der Waals surface area contributed by atoms with E-state index in [0.29, 0.717) is 36.9 Å².